The van der Waals surface area contributed by atoms with Crippen LogP contribution in [0.25, 0.3) is 10.4 Å². The summed E-state index contributed by atoms with van der Waals surface area (Å²) in [7, 11) is -3.89. The van der Waals surface area contributed by atoms with Gasteiger partial charge in [0.25, 0.3) is 10.0 Å². The Hall–Kier alpha value is -2.64. The van der Waals surface area contributed by atoms with Gasteiger partial charge in [-0.2, -0.15) is 0 Å². The van der Waals surface area contributed by atoms with Crippen molar-refractivity contribution >= 4 is 33.0 Å². The van der Waals surface area contributed by atoms with Gasteiger partial charge in [-0.3, -0.25) is 4.72 Å². The summed E-state index contributed by atoms with van der Waals surface area (Å²) in [5.41, 5.74) is 2.00. The highest BCUT2D eigenvalue weighted by molar-refractivity contribution is 7.92. The van der Waals surface area contributed by atoms with Crippen molar-refractivity contribution in [2.24, 2.45) is 0 Å². The summed E-state index contributed by atoms with van der Waals surface area (Å²) in [5.74, 6) is -1.17. The lowest BCUT2D eigenvalue weighted by Crippen LogP contribution is -2.14. The Morgan fingerprint density at radius 1 is 1.03 bits per heavy atom. The zero-order chi connectivity index (χ0) is 20.9. The Morgan fingerprint density at radius 3 is 2.34 bits per heavy atom. The first-order chi connectivity index (χ1) is 13.9. The maximum absolute atomic E-state index is 12.8. The van der Waals surface area contributed by atoms with Gasteiger partial charge in [0.1, 0.15) is 4.88 Å². The van der Waals surface area contributed by atoms with Crippen molar-refractivity contribution in [2.45, 2.75) is 37.5 Å². The maximum atomic E-state index is 12.8. The van der Waals surface area contributed by atoms with Crippen molar-refractivity contribution in [2.75, 3.05) is 4.72 Å². The molecule has 7 heteroatoms. The molecule has 0 fully saturated rings. The van der Waals surface area contributed by atoms with Gasteiger partial charge in [-0.05, 0) is 42.2 Å². The highest BCUT2D eigenvalue weighted by Crippen LogP contribution is 2.35. The number of anilines is 1. The number of carboxylic acids is 1. The lowest BCUT2D eigenvalue weighted by molar-refractivity contribution is 0.0703. The topological polar surface area (TPSA) is 83.5 Å². The van der Waals surface area contributed by atoms with Gasteiger partial charge < -0.3 is 5.11 Å². The molecule has 0 aliphatic rings. The molecule has 0 unspecified atom stereocenters. The van der Waals surface area contributed by atoms with E-state index >= 15 is 0 Å². The number of hydrogen-bond donors (Lipinski definition) is 2. The number of hydrogen-bond acceptors (Lipinski definition) is 4. The molecule has 0 bridgehead atoms. The number of rotatable bonds is 9. The summed E-state index contributed by atoms with van der Waals surface area (Å²) in [6.45, 7) is 2.14. The Bertz CT molecular complexity index is 1070. The molecular weight excluding hydrogens is 406 g/mol. The van der Waals surface area contributed by atoms with Gasteiger partial charge >= 0.3 is 5.97 Å². The van der Waals surface area contributed by atoms with Crippen LogP contribution in [0.1, 0.15) is 41.4 Å². The lowest BCUT2D eigenvalue weighted by Gasteiger charge is -2.08. The van der Waals surface area contributed by atoms with E-state index in [4.69, 9.17) is 0 Å². The fourth-order valence-electron chi connectivity index (χ4n) is 2.99. The Kier molecular flexibility index (Phi) is 6.71. The molecule has 5 nitrogen and oxygen atoms in total. The van der Waals surface area contributed by atoms with Gasteiger partial charge in [0.05, 0.1) is 10.6 Å². The van der Waals surface area contributed by atoms with E-state index in [2.05, 4.69) is 11.6 Å². The first-order valence-electron chi connectivity index (χ1n) is 9.45. The molecule has 0 atom stereocenters. The number of carboxylic acid groups (broad SMARTS) is 1. The van der Waals surface area contributed by atoms with Crippen LogP contribution in [0, 0.1) is 0 Å². The number of aryl methyl sites for hydroxylation is 1. The zero-order valence-electron chi connectivity index (χ0n) is 16.1. The van der Waals surface area contributed by atoms with Crippen LogP contribution in [0.5, 0.6) is 0 Å². The van der Waals surface area contributed by atoms with Gasteiger partial charge in [0, 0.05) is 4.88 Å². The number of sulfonamides is 1. The van der Waals surface area contributed by atoms with Gasteiger partial charge in [-0.25, -0.2) is 13.2 Å². The van der Waals surface area contributed by atoms with E-state index in [1.807, 2.05) is 42.5 Å². The molecule has 0 radical (unpaired) electrons. The molecule has 0 spiro atoms. The Balaban J connectivity index is 1.84. The van der Waals surface area contributed by atoms with Gasteiger partial charge in [-0.15, -0.1) is 11.3 Å². The van der Waals surface area contributed by atoms with Crippen LogP contribution in [0.4, 0.5) is 5.69 Å². The van der Waals surface area contributed by atoms with E-state index in [0.717, 1.165) is 48.1 Å². The molecule has 29 heavy (non-hydrogen) atoms. The predicted molar refractivity (Wildman–Crippen MR) is 117 cm³/mol. The van der Waals surface area contributed by atoms with Crippen molar-refractivity contribution < 1.29 is 18.3 Å². The van der Waals surface area contributed by atoms with Crippen LogP contribution in [0.2, 0.25) is 0 Å². The highest BCUT2D eigenvalue weighted by atomic mass is 32.2. The van der Waals surface area contributed by atoms with Crippen molar-refractivity contribution in [1.29, 1.82) is 0 Å². The molecule has 3 aromatic rings. The summed E-state index contributed by atoms with van der Waals surface area (Å²) in [6.07, 6.45) is 4.26. The van der Waals surface area contributed by atoms with E-state index in [-0.39, 0.29) is 15.5 Å². The smallest absolute Gasteiger partial charge is 0.348 e. The highest BCUT2D eigenvalue weighted by Gasteiger charge is 2.22. The van der Waals surface area contributed by atoms with E-state index < -0.39 is 16.0 Å². The maximum Gasteiger partial charge on any atom is 0.348 e. The molecular formula is C22H23NO4S2. The second-order valence-corrected chi connectivity index (χ2v) is 9.47. The second kappa shape index (κ2) is 9.24. The Morgan fingerprint density at radius 2 is 1.72 bits per heavy atom. The molecule has 3 rings (SSSR count). The molecule has 152 valence electrons. The fraction of sp³-hybridized carbons (Fsp3) is 0.227. The molecule has 2 aromatic carbocycles. The lowest BCUT2D eigenvalue weighted by atomic mass is 10.1. The van der Waals surface area contributed by atoms with Crippen LogP contribution in [0.3, 0.4) is 0 Å². The second-order valence-electron chi connectivity index (χ2n) is 6.73. The molecule has 1 heterocycles. The van der Waals surface area contributed by atoms with Crippen molar-refractivity contribution in [3.05, 3.63) is 71.1 Å². The number of nitrogens with one attached hydrogen (secondary N) is 1. The molecule has 1 aromatic heterocycles. The minimum absolute atomic E-state index is 0.0383. The molecule has 0 saturated carbocycles. The fourth-order valence-corrected chi connectivity index (χ4v) is 5.07. The average Bonchev–Trinajstić information content (AvgIpc) is 3.13. The van der Waals surface area contributed by atoms with Crippen molar-refractivity contribution in [3.63, 3.8) is 0 Å². The SMILES string of the molecule is CCCCCc1ccc(S(=O)(=O)Nc2cc(-c3ccccc3)sc2C(=O)O)cc1. The van der Waals surface area contributed by atoms with E-state index in [9.17, 15) is 18.3 Å². The van der Waals surface area contributed by atoms with Gasteiger partial charge in [0.2, 0.25) is 0 Å². The third kappa shape index (κ3) is 5.25. The van der Waals surface area contributed by atoms with Crippen LogP contribution in [-0.4, -0.2) is 19.5 Å². The van der Waals surface area contributed by atoms with Crippen LogP contribution >= 0.6 is 11.3 Å². The molecule has 0 saturated heterocycles. The van der Waals surface area contributed by atoms with Crippen molar-refractivity contribution in [3.8, 4) is 10.4 Å². The van der Waals surface area contributed by atoms with E-state index in [1.54, 1.807) is 18.2 Å². The number of unbranched alkanes of at least 4 members (excludes halogenated alkanes) is 2. The van der Waals surface area contributed by atoms with Gasteiger partial charge in [0.15, 0.2) is 0 Å². The van der Waals surface area contributed by atoms with Crippen molar-refractivity contribution in [1.82, 2.24) is 0 Å². The monoisotopic (exact) mass is 429 g/mol. The first kappa shape index (κ1) is 21.1. The molecule has 0 aliphatic heterocycles. The summed E-state index contributed by atoms with van der Waals surface area (Å²) in [4.78, 5) is 12.4. The minimum Gasteiger partial charge on any atom is -0.477 e. The third-order valence-corrected chi connectivity index (χ3v) is 7.09. The average molecular weight is 430 g/mol. The summed E-state index contributed by atoms with van der Waals surface area (Å²) < 4.78 is 28.0. The quantitative estimate of drug-likeness (QED) is 0.431. The summed E-state index contributed by atoms with van der Waals surface area (Å²) >= 11 is 1.04. The van der Waals surface area contributed by atoms with Crippen LogP contribution < -0.4 is 4.72 Å². The standard InChI is InChI=1S/C22H23NO4S2/c1-2-3-5-8-16-11-13-18(14-12-16)29(26,27)23-19-15-20(28-21(19)22(24)25)17-9-6-4-7-10-17/h4,6-7,9-15,23H,2-3,5,8H2,1H3,(H,24,25). The molecule has 0 aliphatic carbocycles. The summed E-state index contributed by atoms with van der Waals surface area (Å²) in [5, 5.41) is 9.51. The number of carbonyl (C=O) groups is 1. The zero-order valence-corrected chi connectivity index (χ0v) is 17.7. The van der Waals surface area contributed by atoms with Gasteiger partial charge in [-0.1, -0.05) is 62.2 Å². The number of thiophene rings is 1. The normalized spacial score (nSPS) is 11.3. The third-order valence-electron chi connectivity index (χ3n) is 4.53. The first-order valence-corrected chi connectivity index (χ1v) is 11.7. The van der Waals surface area contributed by atoms with Crippen LogP contribution in [-0.2, 0) is 16.4 Å². The Labute approximate surface area is 175 Å². The van der Waals surface area contributed by atoms with E-state index in [1.165, 1.54) is 0 Å². The van der Waals surface area contributed by atoms with E-state index in [0.29, 0.717) is 4.88 Å². The largest absolute Gasteiger partial charge is 0.477 e. The number of aromatic carboxylic acids is 1. The van der Waals surface area contributed by atoms with Crippen LogP contribution in [0.15, 0.2) is 65.6 Å². The molecule has 0 amide bonds. The predicted octanol–water partition coefficient (Wildman–Crippen LogP) is 5.65. The summed E-state index contributed by atoms with van der Waals surface area (Å²) in [6, 6.07) is 17.6. The minimum atomic E-state index is -3.89. The number of benzene rings is 2. The molecule has 2 N–H and O–H groups in total.